The van der Waals surface area contributed by atoms with Gasteiger partial charge >= 0.3 is 0 Å². The van der Waals surface area contributed by atoms with Crippen LogP contribution >= 0.6 is 11.6 Å². The number of aryl methyl sites for hydroxylation is 1. The first-order chi connectivity index (χ1) is 16.1. The van der Waals surface area contributed by atoms with E-state index in [1.54, 1.807) is 7.11 Å². The molecule has 1 heterocycles. The Hall–Kier alpha value is -3.74. The van der Waals surface area contributed by atoms with Crippen molar-refractivity contribution in [3.8, 4) is 11.8 Å². The molecule has 1 unspecified atom stereocenters. The molecule has 2 aliphatic carbocycles. The minimum Gasteiger partial charge on any atom is -0.496 e. The second-order valence-corrected chi connectivity index (χ2v) is 8.11. The first-order valence-corrected chi connectivity index (χ1v) is 11.2. The van der Waals surface area contributed by atoms with Gasteiger partial charge in [0.2, 0.25) is 0 Å². The zero-order valence-electron chi connectivity index (χ0n) is 18.7. The highest BCUT2D eigenvalue weighted by Crippen LogP contribution is 2.24. The summed E-state index contributed by atoms with van der Waals surface area (Å²) in [6.45, 7) is 0. The van der Waals surface area contributed by atoms with Crippen molar-refractivity contribution in [3.05, 3.63) is 130 Å². The van der Waals surface area contributed by atoms with Gasteiger partial charge in [-0.15, -0.1) is 0 Å². The molecule has 3 nitrogen and oxygen atoms in total. The number of rotatable bonds is 4. The summed E-state index contributed by atoms with van der Waals surface area (Å²) in [4.78, 5) is 4.83. The maximum absolute atomic E-state index is 6.10. The number of benzene rings is 1. The fourth-order valence-electron chi connectivity index (χ4n) is 3.56. The molecule has 0 saturated carbocycles. The number of methoxy groups -OCH3 is 1. The van der Waals surface area contributed by atoms with Crippen molar-refractivity contribution in [2.75, 3.05) is 7.11 Å². The van der Waals surface area contributed by atoms with Gasteiger partial charge in [-0.05, 0) is 55.0 Å². The Morgan fingerprint density at radius 1 is 1.12 bits per heavy atom. The zero-order chi connectivity index (χ0) is 23.0. The lowest BCUT2D eigenvalue weighted by molar-refractivity contribution is 0.301. The van der Waals surface area contributed by atoms with Crippen molar-refractivity contribution in [2.24, 2.45) is 7.05 Å². The number of halogens is 1. The van der Waals surface area contributed by atoms with E-state index in [9.17, 15) is 0 Å². The minimum absolute atomic E-state index is 0.0835. The topological polar surface area (TPSA) is 27.1 Å². The van der Waals surface area contributed by atoms with E-state index in [0.29, 0.717) is 5.03 Å². The molecular weight excluding hydrogens is 428 g/mol. The van der Waals surface area contributed by atoms with Gasteiger partial charge in [0.25, 0.3) is 0 Å². The SMILES string of the molecule is COC1=CCC=C(C#Cc2ccccc2)C=C1/C=C/c1nc(C2C=CC=C(Cl)C=C2)cn1C. The lowest BCUT2D eigenvalue weighted by Crippen LogP contribution is -1.92. The van der Waals surface area contributed by atoms with Gasteiger partial charge in [-0.2, -0.15) is 0 Å². The van der Waals surface area contributed by atoms with Crippen molar-refractivity contribution < 1.29 is 4.74 Å². The van der Waals surface area contributed by atoms with Gasteiger partial charge in [0, 0.05) is 40.9 Å². The molecule has 0 bridgehead atoms. The zero-order valence-corrected chi connectivity index (χ0v) is 19.5. The Balaban J connectivity index is 1.58. The number of hydrogen-bond acceptors (Lipinski definition) is 2. The number of aromatic nitrogens is 2. The van der Waals surface area contributed by atoms with E-state index in [4.69, 9.17) is 21.3 Å². The maximum atomic E-state index is 6.10. The van der Waals surface area contributed by atoms with Crippen LogP contribution in [0.1, 0.15) is 29.4 Å². The average Bonchev–Trinajstić information content (AvgIpc) is 2.97. The molecule has 164 valence electrons. The number of imidazole rings is 1. The van der Waals surface area contributed by atoms with E-state index < -0.39 is 0 Å². The molecule has 0 saturated heterocycles. The molecule has 1 aromatic heterocycles. The summed E-state index contributed by atoms with van der Waals surface area (Å²) in [7, 11) is 3.69. The number of ether oxygens (including phenoxy) is 1. The van der Waals surface area contributed by atoms with Crippen LogP contribution in [0.4, 0.5) is 0 Å². The fourth-order valence-corrected chi connectivity index (χ4v) is 3.70. The number of hydrogen-bond donors (Lipinski definition) is 0. The molecule has 2 aliphatic rings. The molecule has 1 atom stereocenters. The van der Waals surface area contributed by atoms with Crippen LogP contribution in [0.3, 0.4) is 0 Å². The molecule has 0 spiro atoms. The first-order valence-electron chi connectivity index (χ1n) is 10.8. The third-order valence-electron chi connectivity index (χ3n) is 5.30. The Labute approximate surface area is 200 Å². The first kappa shape index (κ1) is 22.5. The van der Waals surface area contributed by atoms with Gasteiger partial charge in [0.1, 0.15) is 11.6 Å². The fraction of sp³-hybridized carbons (Fsp3) is 0.138. The summed E-state index contributed by atoms with van der Waals surface area (Å²) in [6, 6.07) is 9.99. The lowest BCUT2D eigenvalue weighted by Gasteiger charge is -2.06. The van der Waals surface area contributed by atoms with Crippen LogP contribution in [0.5, 0.6) is 0 Å². The summed E-state index contributed by atoms with van der Waals surface area (Å²) in [6.07, 6.45) is 23.0. The van der Waals surface area contributed by atoms with Crippen LogP contribution in [0.15, 0.2) is 113 Å². The van der Waals surface area contributed by atoms with Gasteiger partial charge in [-0.25, -0.2) is 4.98 Å². The molecule has 4 rings (SSSR count). The van der Waals surface area contributed by atoms with Crippen molar-refractivity contribution in [1.82, 2.24) is 9.55 Å². The summed E-state index contributed by atoms with van der Waals surface area (Å²) in [5.41, 5.74) is 3.88. The van der Waals surface area contributed by atoms with Crippen LogP contribution in [0, 0.1) is 11.8 Å². The second kappa shape index (κ2) is 10.7. The molecule has 0 radical (unpaired) electrons. The van der Waals surface area contributed by atoms with Crippen LogP contribution in [-0.4, -0.2) is 16.7 Å². The summed E-state index contributed by atoms with van der Waals surface area (Å²) >= 11 is 6.10. The Bertz CT molecular complexity index is 1290. The van der Waals surface area contributed by atoms with E-state index in [0.717, 1.165) is 40.4 Å². The standard InChI is InChI=1S/C29H25ClN2O/c1-32-21-27(24-11-7-12-26(30)18-16-24)31-29(32)19-17-25-20-23(10-6-13-28(25)33-2)15-14-22-8-4-3-5-9-22/h3-5,7-13,16-21,24H,6H2,1-2H3/b19-17+. The van der Waals surface area contributed by atoms with Crippen LogP contribution in [-0.2, 0) is 11.8 Å². The molecule has 0 amide bonds. The van der Waals surface area contributed by atoms with Gasteiger partial charge in [-0.1, -0.05) is 65.9 Å². The lowest BCUT2D eigenvalue weighted by atomic mass is 10.1. The monoisotopic (exact) mass is 452 g/mol. The summed E-state index contributed by atoms with van der Waals surface area (Å²) in [5.74, 6) is 8.28. The van der Waals surface area contributed by atoms with E-state index in [-0.39, 0.29) is 5.92 Å². The van der Waals surface area contributed by atoms with Gasteiger partial charge in [0.05, 0.1) is 12.8 Å². The third kappa shape index (κ3) is 5.94. The number of nitrogens with zero attached hydrogens (tertiary/aromatic N) is 2. The summed E-state index contributed by atoms with van der Waals surface area (Å²) < 4.78 is 7.65. The maximum Gasteiger partial charge on any atom is 0.132 e. The highest BCUT2D eigenvalue weighted by atomic mass is 35.5. The van der Waals surface area contributed by atoms with Crippen LogP contribution < -0.4 is 0 Å². The van der Waals surface area contributed by atoms with E-state index in [1.807, 2.05) is 78.5 Å². The van der Waals surface area contributed by atoms with Crippen molar-refractivity contribution >= 4 is 17.7 Å². The highest BCUT2D eigenvalue weighted by molar-refractivity contribution is 6.31. The van der Waals surface area contributed by atoms with E-state index in [2.05, 4.69) is 42.2 Å². The second-order valence-electron chi connectivity index (χ2n) is 7.67. The van der Waals surface area contributed by atoms with Gasteiger partial charge in [0.15, 0.2) is 0 Å². The minimum atomic E-state index is 0.0835. The molecule has 0 N–H and O–H groups in total. The third-order valence-corrected chi connectivity index (χ3v) is 5.55. The molecule has 33 heavy (non-hydrogen) atoms. The van der Waals surface area contributed by atoms with Gasteiger partial charge < -0.3 is 9.30 Å². The van der Waals surface area contributed by atoms with Crippen molar-refractivity contribution in [3.63, 3.8) is 0 Å². The molecule has 4 heteroatoms. The smallest absolute Gasteiger partial charge is 0.132 e. The Morgan fingerprint density at radius 2 is 1.97 bits per heavy atom. The molecular formula is C29H25ClN2O. The largest absolute Gasteiger partial charge is 0.496 e. The van der Waals surface area contributed by atoms with Crippen LogP contribution in [0.2, 0.25) is 0 Å². The normalized spacial score (nSPS) is 17.8. The molecule has 1 aromatic carbocycles. The molecule has 0 aliphatic heterocycles. The number of allylic oxidation sites excluding steroid dienone is 11. The van der Waals surface area contributed by atoms with Crippen molar-refractivity contribution in [1.29, 1.82) is 0 Å². The van der Waals surface area contributed by atoms with E-state index >= 15 is 0 Å². The quantitative estimate of drug-likeness (QED) is 0.488. The molecule has 2 aromatic rings. The van der Waals surface area contributed by atoms with Crippen molar-refractivity contribution in [2.45, 2.75) is 12.3 Å². The van der Waals surface area contributed by atoms with Gasteiger partial charge in [-0.3, -0.25) is 0 Å². The summed E-state index contributed by atoms with van der Waals surface area (Å²) in [5, 5.41) is 0.711. The predicted molar refractivity (Wildman–Crippen MR) is 136 cm³/mol. The average molecular weight is 453 g/mol. The Kier molecular flexibility index (Phi) is 7.29. The highest BCUT2D eigenvalue weighted by Gasteiger charge is 2.12. The van der Waals surface area contributed by atoms with Crippen LogP contribution in [0.25, 0.3) is 6.08 Å². The Morgan fingerprint density at radius 3 is 2.79 bits per heavy atom. The van der Waals surface area contributed by atoms with E-state index in [1.165, 1.54) is 0 Å². The molecule has 0 fully saturated rings. The predicted octanol–water partition coefficient (Wildman–Crippen LogP) is 6.60.